The second-order valence-electron chi connectivity index (χ2n) is 7.74. The fourth-order valence-corrected chi connectivity index (χ4v) is 5.30. The van der Waals surface area contributed by atoms with Gasteiger partial charge in [0.25, 0.3) is 0 Å². The second kappa shape index (κ2) is 9.68. The van der Waals surface area contributed by atoms with Crippen LogP contribution in [0, 0.1) is 18.7 Å². The second-order valence-corrected chi connectivity index (χ2v) is 9.68. The summed E-state index contributed by atoms with van der Waals surface area (Å²) in [7, 11) is -3.89. The number of alkyl halides is 3. The van der Waals surface area contributed by atoms with Crippen LogP contribution in [0.2, 0.25) is 0 Å². The molecule has 180 valence electrons. The van der Waals surface area contributed by atoms with E-state index >= 15 is 0 Å². The monoisotopic (exact) mass is 488 g/mol. The van der Waals surface area contributed by atoms with Crippen LogP contribution >= 0.6 is 0 Å². The van der Waals surface area contributed by atoms with Crippen LogP contribution in [0.4, 0.5) is 23.2 Å². The molecule has 33 heavy (non-hydrogen) atoms. The topological polar surface area (TPSA) is 75.7 Å². The third-order valence-electron chi connectivity index (χ3n) is 5.38. The number of hydrogen-bond donors (Lipinski definition) is 1. The van der Waals surface area contributed by atoms with Crippen molar-refractivity contribution in [3.63, 3.8) is 0 Å². The van der Waals surface area contributed by atoms with E-state index < -0.39 is 39.4 Å². The molecule has 0 spiro atoms. The molecule has 1 saturated heterocycles. The van der Waals surface area contributed by atoms with E-state index in [1.54, 1.807) is 13.0 Å². The molecule has 1 amide bonds. The maximum atomic E-state index is 13.5. The van der Waals surface area contributed by atoms with Crippen LogP contribution in [-0.2, 0) is 21.0 Å². The van der Waals surface area contributed by atoms with Gasteiger partial charge in [0.2, 0.25) is 15.9 Å². The zero-order valence-corrected chi connectivity index (χ0v) is 18.9. The van der Waals surface area contributed by atoms with Gasteiger partial charge in [-0.2, -0.15) is 17.5 Å². The van der Waals surface area contributed by atoms with Crippen molar-refractivity contribution < 1.29 is 35.5 Å². The number of sulfonamides is 1. The molecule has 0 unspecified atom stereocenters. The molecule has 1 aliphatic heterocycles. The Morgan fingerprint density at radius 3 is 2.58 bits per heavy atom. The number of halogens is 4. The van der Waals surface area contributed by atoms with Crippen LogP contribution in [-0.4, -0.2) is 38.3 Å². The number of nitrogens with one attached hydrogen (secondary N) is 1. The minimum Gasteiger partial charge on any atom is -0.494 e. The van der Waals surface area contributed by atoms with Crippen molar-refractivity contribution in [2.45, 2.75) is 37.8 Å². The summed E-state index contributed by atoms with van der Waals surface area (Å²) in [6.07, 6.45) is -4.13. The number of aryl methyl sites for hydroxylation is 1. The number of amides is 1. The fourth-order valence-electron chi connectivity index (χ4n) is 3.69. The molecule has 1 N–H and O–H groups in total. The maximum absolute atomic E-state index is 13.5. The number of anilines is 1. The minimum atomic E-state index is -4.91. The van der Waals surface area contributed by atoms with Crippen molar-refractivity contribution in [1.82, 2.24) is 4.31 Å². The van der Waals surface area contributed by atoms with Gasteiger partial charge in [0.15, 0.2) is 0 Å². The van der Waals surface area contributed by atoms with Crippen molar-refractivity contribution in [3.05, 3.63) is 53.3 Å². The lowest BCUT2D eigenvalue weighted by Crippen LogP contribution is -2.43. The van der Waals surface area contributed by atoms with E-state index in [0.29, 0.717) is 42.9 Å². The lowest BCUT2D eigenvalue weighted by molar-refractivity contribution is -0.140. The summed E-state index contributed by atoms with van der Waals surface area (Å²) in [5, 5.41) is 2.35. The first kappa shape index (κ1) is 25.0. The lowest BCUT2D eigenvalue weighted by atomic mass is 9.98. The number of carbonyl (C=O) groups is 1. The third-order valence-corrected chi connectivity index (χ3v) is 7.24. The zero-order chi connectivity index (χ0) is 24.4. The van der Waals surface area contributed by atoms with Gasteiger partial charge >= 0.3 is 6.18 Å². The van der Waals surface area contributed by atoms with E-state index in [1.165, 1.54) is 16.4 Å². The van der Waals surface area contributed by atoms with Gasteiger partial charge in [0.1, 0.15) is 11.6 Å². The Hall–Kier alpha value is -2.66. The standard InChI is InChI=1S/C22H24F4N2O4S/c1-3-32-20-9-7-17(11-14(20)2)33(30,31)28-10-4-5-15(13-28)21(29)27-16-6-8-19(23)18(12-16)22(24,25)26/h6-9,11-12,15H,3-5,10,13H2,1-2H3,(H,27,29)/t15-/m0/s1. The number of nitrogens with zero attached hydrogens (tertiary/aromatic N) is 1. The highest BCUT2D eigenvalue weighted by molar-refractivity contribution is 7.89. The van der Waals surface area contributed by atoms with Crippen LogP contribution in [0.25, 0.3) is 0 Å². The molecule has 1 fully saturated rings. The quantitative estimate of drug-likeness (QED) is 0.604. The van der Waals surface area contributed by atoms with Crippen LogP contribution in [0.3, 0.4) is 0 Å². The van der Waals surface area contributed by atoms with Gasteiger partial charge in [-0.05, 0) is 68.7 Å². The first-order chi connectivity index (χ1) is 15.4. The van der Waals surface area contributed by atoms with E-state index in [1.807, 2.05) is 6.92 Å². The molecular formula is C22H24F4N2O4S. The number of hydrogen-bond acceptors (Lipinski definition) is 4. The summed E-state index contributed by atoms with van der Waals surface area (Å²) in [5.74, 6) is -2.26. The number of rotatable bonds is 6. The fraction of sp³-hybridized carbons (Fsp3) is 0.409. The predicted octanol–water partition coefficient (Wildman–Crippen LogP) is 4.59. The van der Waals surface area contributed by atoms with E-state index in [2.05, 4.69) is 5.32 Å². The maximum Gasteiger partial charge on any atom is 0.419 e. The highest BCUT2D eigenvalue weighted by Gasteiger charge is 2.36. The number of piperidine rings is 1. The molecule has 1 aliphatic rings. The zero-order valence-electron chi connectivity index (χ0n) is 18.1. The Kier molecular flexibility index (Phi) is 7.32. The van der Waals surface area contributed by atoms with Gasteiger partial charge in [-0.25, -0.2) is 12.8 Å². The SMILES string of the molecule is CCOc1ccc(S(=O)(=O)N2CCC[C@H](C(=O)Nc3ccc(F)c(C(F)(F)F)c3)C2)cc1C. The van der Waals surface area contributed by atoms with E-state index in [0.717, 1.165) is 6.07 Å². The number of benzene rings is 2. The molecule has 3 rings (SSSR count). The van der Waals surface area contributed by atoms with Crippen LogP contribution in [0.15, 0.2) is 41.3 Å². The van der Waals surface area contributed by atoms with Crippen molar-refractivity contribution in [1.29, 1.82) is 0 Å². The van der Waals surface area contributed by atoms with Crippen LogP contribution in [0.1, 0.15) is 30.9 Å². The van der Waals surface area contributed by atoms with Crippen LogP contribution in [0.5, 0.6) is 5.75 Å². The largest absolute Gasteiger partial charge is 0.494 e. The molecule has 0 aromatic heterocycles. The molecule has 6 nitrogen and oxygen atoms in total. The summed E-state index contributed by atoms with van der Waals surface area (Å²) in [4.78, 5) is 12.7. The Balaban J connectivity index is 1.75. The number of ether oxygens (including phenoxy) is 1. The normalized spacial score (nSPS) is 17.6. The lowest BCUT2D eigenvalue weighted by Gasteiger charge is -2.31. The van der Waals surface area contributed by atoms with E-state index in [-0.39, 0.29) is 23.7 Å². The molecule has 0 saturated carbocycles. The number of carbonyl (C=O) groups excluding carboxylic acids is 1. The molecule has 11 heteroatoms. The third kappa shape index (κ3) is 5.64. The highest BCUT2D eigenvalue weighted by atomic mass is 32.2. The van der Waals surface area contributed by atoms with Crippen molar-refractivity contribution in [2.24, 2.45) is 5.92 Å². The Morgan fingerprint density at radius 1 is 1.21 bits per heavy atom. The first-order valence-corrected chi connectivity index (χ1v) is 11.8. The Morgan fingerprint density at radius 2 is 1.94 bits per heavy atom. The molecule has 0 bridgehead atoms. The van der Waals surface area contributed by atoms with Gasteiger partial charge < -0.3 is 10.1 Å². The van der Waals surface area contributed by atoms with Gasteiger partial charge in [-0.15, -0.1) is 0 Å². The molecule has 0 aliphatic carbocycles. The molecular weight excluding hydrogens is 464 g/mol. The van der Waals surface area contributed by atoms with Crippen molar-refractivity contribution in [3.8, 4) is 5.75 Å². The summed E-state index contributed by atoms with van der Waals surface area (Å²) < 4.78 is 85.1. The molecule has 1 heterocycles. The van der Waals surface area contributed by atoms with Gasteiger partial charge in [0.05, 0.1) is 23.0 Å². The summed E-state index contributed by atoms with van der Waals surface area (Å²) >= 11 is 0. The minimum absolute atomic E-state index is 0.0675. The molecule has 2 aromatic carbocycles. The summed E-state index contributed by atoms with van der Waals surface area (Å²) in [6, 6.07) is 6.70. The average Bonchev–Trinajstić information content (AvgIpc) is 2.76. The van der Waals surface area contributed by atoms with E-state index in [4.69, 9.17) is 4.74 Å². The Bertz CT molecular complexity index is 1140. The summed E-state index contributed by atoms with van der Waals surface area (Å²) in [5.41, 5.74) is -1.05. The highest BCUT2D eigenvalue weighted by Crippen LogP contribution is 2.33. The predicted molar refractivity (Wildman–Crippen MR) is 114 cm³/mol. The van der Waals surface area contributed by atoms with Gasteiger partial charge in [0, 0.05) is 18.8 Å². The van der Waals surface area contributed by atoms with Crippen LogP contribution < -0.4 is 10.1 Å². The van der Waals surface area contributed by atoms with Gasteiger partial charge in [-0.1, -0.05) is 0 Å². The average molecular weight is 489 g/mol. The van der Waals surface area contributed by atoms with Crippen molar-refractivity contribution >= 4 is 21.6 Å². The van der Waals surface area contributed by atoms with Gasteiger partial charge in [-0.3, -0.25) is 4.79 Å². The Labute approximate surface area is 189 Å². The summed E-state index contributed by atoms with van der Waals surface area (Å²) in [6.45, 7) is 4.09. The molecule has 0 radical (unpaired) electrons. The van der Waals surface area contributed by atoms with E-state index in [9.17, 15) is 30.8 Å². The first-order valence-electron chi connectivity index (χ1n) is 10.3. The smallest absolute Gasteiger partial charge is 0.419 e. The molecule has 2 aromatic rings. The molecule has 1 atom stereocenters. The van der Waals surface area contributed by atoms with Crippen molar-refractivity contribution in [2.75, 3.05) is 25.0 Å².